The van der Waals surface area contributed by atoms with E-state index in [1.807, 2.05) is 11.9 Å². The number of nitrogens with zero attached hydrogens (tertiary/aromatic N) is 2. The lowest BCUT2D eigenvalue weighted by Crippen LogP contribution is -2.43. The summed E-state index contributed by atoms with van der Waals surface area (Å²) in [4.78, 5) is 28.1. The zero-order chi connectivity index (χ0) is 15.2. The van der Waals surface area contributed by atoms with Gasteiger partial charge in [-0.3, -0.25) is 9.59 Å². The number of furan rings is 1. The van der Waals surface area contributed by atoms with Gasteiger partial charge in [0.2, 0.25) is 5.91 Å². The molecule has 0 atom stereocenters. The molecule has 0 unspecified atom stereocenters. The molecule has 0 aliphatic carbocycles. The molecule has 0 N–H and O–H groups in total. The molecule has 21 heavy (non-hydrogen) atoms. The molecule has 5 heteroatoms. The predicted molar refractivity (Wildman–Crippen MR) is 79.9 cm³/mol. The Kier molecular flexibility index (Phi) is 5.42. The standard InChI is InChI=1S/C16H24N2O3/c1-3-4-9-17(2)15(19)13-7-10-18(11-8-13)16(20)14-6-5-12-21-14/h5-6,12-13H,3-4,7-11H2,1-2H3. The molecule has 1 aromatic rings. The zero-order valence-electron chi connectivity index (χ0n) is 12.9. The van der Waals surface area contributed by atoms with Gasteiger partial charge in [-0.25, -0.2) is 0 Å². The van der Waals surface area contributed by atoms with Crippen LogP contribution in [-0.4, -0.2) is 48.3 Å². The SMILES string of the molecule is CCCCN(C)C(=O)C1CCN(C(=O)c2ccco2)CC1. The van der Waals surface area contributed by atoms with Gasteiger partial charge < -0.3 is 14.2 Å². The first-order valence-corrected chi connectivity index (χ1v) is 7.71. The number of unbranched alkanes of at least 4 members (excludes halogenated alkanes) is 1. The van der Waals surface area contributed by atoms with Gasteiger partial charge in [-0.05, 0) is 31.4 Å². The quantitative estimate of drug-likeness (QED) is 0.837. The zero-order valence-corrected chi connectivity index (χ0v) is 12.9. The van der Waals surface area contributed by atoms with Gasteiger partial charge in [0.15, 0.2) is 5.76 Å². The van der Waals surface area contributed by atoms with E-state index in [0.717, 1.165) is 32.2 Å². The molecule has 1 aromatic heterocycles. The first kappa shape index (κ1) is 15.6. The Bertz CT molecular complexity index is 462. The van der Waals surface area contributed by atoms with Crippen LogP contribution in [0.1, 0.15) is 43.2 Å². The monoisotopic (exact) mass is 292 g/mol. The minimum atomic E-state index is -0.0785. The topological polar surface area (TPSA) is 53.8 Å². The van der Waals surface area contributed by atoms with Gasteiger partial charge in [-0.2, -0.15) is 0 Å². The van der Waals surface area contributed by atoms with E-state index < -0.39 is 0 Å². The van der Waals surface area contributed by atoms with E-state index in [1.165, 1.54) is 6.26 Å². The fourth-order valence-electron chi connectivity index (χ4n) is 2.70. The summed E-state index contributed by atoms with van der Waals surface area (Å²) in [5.41, 5.74) is 0. The summed E-state index contributed by atoms with van der Waals surface area (Å²) < 4.78 is 5.14. The van der Waals surface area contributed by atoms with Crippen molar-refractivity contribution >= 4 is 11.8 Å². The molecular formula is C16H24N2O3. The normalized spacial score (nSPS) is 16.0. The number of hydrogen-bond acceptors (Lipinski definition) is 3. The molecular weight excluding hydrogens is 268 g/mol. The number of piperidine rings is 1. The van der Waals surface area contributed by atoms with Crippen LogP contribution in [0, 0.1) is 5.92 Å². The highest BCUT2D eigenvalue weighted by Gasteiger charge is 2.29. The van der Waals surface area contributed by atoms with Crippen LogP contribution >= 0.6 is 0 Å². The van der Waals surface area contributed by atoms with Crippen molar-refractivity contribution in [1.29, 1.82) is 0 Å². The molecule has 2 heterocycles. The molecule has 0 bridgehead atoms. The van der Waals surface area contributed by atoms with Crippen molar-refractivity contribution in [1.82, 2.24) is 9.80 Å². The molecule has 0 saturated carbocycles. The molecule has 1 aliphatic rings. The third kappa shape index (κ3) is 3.86. The van der Waals surface area contributed by atoms with Crippen molar-refractivity contribution in [3.05, 3.63) is 24.2 Å². The van der Waals surface area contributed by atoms with Crippen molar-refractivity contribution in [2.75, 3.05) is 26.7 Å². The van der Waals surface area contributed by atoms with Gasteiger partial charge in [0.25, 0.3) is 5.91 Å². The predicted octanol–water partition coefficient (Wildman–Crippen LogP) is 2.39. The Hall–Kier alpha value is -1.78. The summed E-state index contributed by atoms with van der Waals surface area (Å²) in [6, 6.07) is 3.39. The van der Waals surface area contributed by atoms with E-state index in [9.17, 15) is 9.59 Å². The number of rotatable bonds is 5. The number of hydrogen-bond donors (Lipinski definition) is 0. The maximum atomic E-state index is 12.3. The van der Waals surface area contributed by atoms with E-state index in [2.05, 4.69) is 6.92 Å². The van der Waals surface area contributed by atoms with Crippen molar-refractivity contribution in [2.45, 2.75) is 32.6 Å². The Morgan fingerprint density at radius 3 is 2.67 bits per heavy atom. The first-order valence-electron chi connectivity index (χ1n) is 7.71. The number of carbonyl (C=O) groups excluding carboxylic acids is 2. The summed E-state index contributed by atoms with van der Waals surface area (Å²) in [5.74, 6) is 0.561. The molecule has 116 valence electrons. The molecule has 2 rings (SSSR count). The highest BCUT2D eigenvalue weighted by Crippen LogP contribution is 2.21. The molecule has 1 fully saturated rings. The van der Waals surface area contributed by atoms with Gasteiger partial charge in [0.1, 0.15) is 0 Å². The Balaban J connectivity index is 1.83. The second-order valence-electron chi connectivity index (χ2n) is 5.66. The Labute approximate surface area is 125 Å². The Morgan fingerprint density at radius 2 is 2.10 bits per heavy atom. The van der Waals surface area contributed by atoms with Crippen LogP contribution < -0.4 is 0 Å². The largest absolute Gasteiger partial charge is 0.459 e. The average Bonchev–Trinajstić information content (AvgIpc) is 3.05. The van der Waals surface area contributed by atoms with Crippen molar-refractivity contribution in [2.24, 2.45) is 5.92 Å². The van der Waals surface area contributed by atoms with Crippen LogP contribution in [0.3, 0.4) is 0 Å². The fourth-order valence-corrected chi connectivity index (χ4v) is 2.70. The highest BCUT2D eigenvalue weighted by atomic mass is 16.3. The summed E-state index contributed by atoms with van der Waals surface area (Å²) in [5, 5.41) is 0. The minimum absolute atomic E-state index is 0.0486. The second kappa shape index (κ2) is 7.29. The van der Waals surface area contributed by atoms with Gasteiger partial charge >= 0.3 is 0 Å². The van der Waals surface area contributed by atoms with Crippen LogP contribution in [0.15, 0.2) is 22.8 Å². The third-order valence-corrected chi connectivity index (χ3v) is 4.09. The van der Waals surface area contributed by atoms with Crippen LogP contribution in [-0.2, 0) is 4.79 Å². The highest BCUT2D eigenvalue weighted by molar-refractivity contribution is 5.91. The van der Waals surface area contributed by atoms with Crippen LogP contribution in [0.25, 0.3) is 0 Å². The minimum Gasteiger partial charge on any atom is -0.459 e. The van der Waals surface area contributed by atoms with Crippen molar-refractivity contribution in [3.8, 4) is 0 Å². The number of likely N-dealkylation sites (tertiary alicyclic amines) is 1. The molecule has 0 aromatic carbocycles. The van der Waals surface area contributed by atoms with Gasteiger partial charge in [0.05, 0.1) is 6.26 Å². The lowest BCUT2D eigenvalue weighted by atomic mass is 9.95. The summed E-state index contributed by atoms with van der Waals surface area (Å²) in [7, 11) is 1.87. The molecule has 0 radical (unpaired) electrons. The first-order chi connectivity index (χ1) is 10.1. The maximum absolute atomic E-state index is 12.3. The molecule has 1 saturated heterocycles. The van der Waals surface area contributed by atoms with Crippen LogP contribution in [0.5, 0.6) is 0 Å². The molecule has 5 nitrogen and oxygen atoms in total. The Morgan fingerprint density at radius 1 is 1.38 bits per heavy atom. The van der Waals surface area contributed by atoms with Crippen molar-refractivity contribution in [3.63, 3.8) is 0 Å². The van der Waals surface area contributed by atoms with E-state index in [1.54, 1.807) is 17.0 Å². The summed E-state index contributed by atoms with van der Waals surface area (Å²) in [6.45, 7) is 4.19. The number of carbonyl (C=O) groups is 2. The molecule has 2 amide bonds. The maximum Gasteiger partial charge on any atom is 0.289 e. The fraction of sp³-hybridized carbons (Fsp3) is 0.625. The average molecular weight is 292 g/mol. The van der Waals surface area contributed by atoms with Gasteiger partial charge in [-0.15, -0.1) is 0 Å². The van der Waals surface area contributed by atoms with Gasteiger partial charge in [0, 0.05) is 32.6 Å². The molecule has 0 spiro atoms. The summed E-state index contributed by atoms with van der Waals surface area (Å²) >= 11 is 0. The van der Waals surface area contributed by atoms with E-state index in [4.69, 9.17) is 4.42 Å². The summed E-state index contributed by atoms with van der Waals surface area (Å²) in [6.07, 6.45) is 5.11. The van der Waals surface area contributed by atoms with E-state index in [-0.39, 0.29) is 17.7 Å². The second-order valence-corrected chi connectivity index (χ2v) is 5.66. The molecule has 1 aliphatic heterocycles. The van der Waals surface area contributed by atoms with Crippen LogP contribution in [0.2, 0.25) is 0 Å². The third-order valence-electron chi connectivity index (χ3n) is 4.09. The lowest BCUT2D eigenvalue weighted by Gasteiger charge is -2.32. The number of amides is 2. The van der Waals surface area contributed by atoms with Crippen molar-refractivity contribution < 1.29 is 14.0 Å². The lowest BCUT2D eigenvalue weighted by molar-refractivity contribution is -0.135. The van der Waals surface area contributed by atoms with Gasteiger partial charge in [-0.1, -0.05) is 13.3 Å². The van der Waals surface area contributed by atoms with Crippen LogP contribution in [0.4, 0.5) is 0 Å². The van der Waals surface area contributed by atoms with E-state index in [0.29, 0.717) is 18.8 Å². The van der Waals surface area contributed by atoms with E-state index >= 15 is 0 Å². The smallest absolute Gasteiger partial charge is 0.289 e.